The molecule has 2 heterocycles. The monoisotopic (exact) mass is 488 g/mol. The van der Waals surface area contributed by atoms with Crippen LogP contribution in [-0.2, 0) is 22.6 Å². The first-order chi connectivity index (χ1) is 17.4. The van der Waals surface area contributed by atoms with Gasteiger partial charge in [0, 0.05) is 41.9 Å². The smallest absolute Gasteiger partial charge is 0.240 e. The molecule has 1 amide bonds. The number of aromatic nitrogens is 2. The van der Waals surface area contributed by atoms with Crippen LogP contribution < -0.4 is 5.32 Å². The number of benzene rings is 2. The Bertz CT molecular complexity index is 1180. The summed E-state index contributed by atoms with van der Waals surface area (Å²) >= 11 is 0. The van der Waals surface area contributed by atoms with Crippen molar-refractivity contribution in [2.75, 3.05) is 13.2 Å². The number of aryl methyl sites for hydroxylation is 1. The van der Waals surface area contributed by atoms with Crippen LogP contribution in [-0.4, -0.2) is 62.6 Å². The number of imidazole rings is 1. The van der Waals surface area contributed by atoms with Gasteiger partial charge in [0.15, 0.2) is 0 Å². The van der Waals surface area contributed by atoms with Gasteiger partial charge in [0.2, 0.25) is 5.91 Å². The Hall–Kier alpha value is -3.48. The number of hydrogen-bond acceptors (Lipinski definition) is 6. The molecule has 0 unspecified atom stereocenters. The molecule has 4 atom stereocenters. The maximum absolute atomic E-state index is 13.1. The predicted molar refractivity (Wildman–Crippen MR) is 135 cm³/mol. The molecule has 1 aliphatic rings. The molecule has 0 bridgehead atoms. The molecule has 8 nitrogen and oxygen atoms in total. The highest BCUT2D eigenvalue weighted by molar-refractivity contribution is 5.82. The fourth-order valence-electron chi connectivity index (χ4n) is 4.30. The maximum atomic E-state index is 13.1. The molecule has 3 aromatic rings. The van der Waals surface area contributed by atoms with Crippen LogP contribution in [0.25, 0.3) is 0 Å². The molecular weight excluding hydrogens is 456 g/mol. The number of nitrogens with one attached hydrogen (secondary N) is 2. The van der Waals surface area contributed by atoms with Crippen molar-refractivity contribution in [2.24, 2.45) is 5.92 Å². The molecule has 0 aliphatic carbocycles. The summed E-state index contributed by atoms with van der Waals surface area (Å²) in [6, 6.07) is 15.1. The maximum Gasteiger partial charge on any atom is 0.240 e. The fourth-order valence-corrected chi connectivity index (χ4v) is 4.30. The van der Waals surface area contributed by atoms with E-state index in [2.05, 4.69) is 27.1 Å². The summed E-state index contributed by atoms with van der Waals surface area (Å²) in [5.74, 6) is 5.52. The minimum Gasteiger partial charge on any atom is -0.396 e. The lowest BCUT2D eigenvalue weighted by Gasteiger charge is -2.24. The molecule has 0 spiro atoms. The van der Waals surface area contributed by atoms with E-state index >= 15 is 0 Å². The van der Waals surface area contributed by atoms with Gasteiger partial charge in [-0.3, -0.25) is 9.63 Å². The largest absolute Gasteiger partial charge is 0.396 e. The second kappa shape index (κ2) is 12.0. The molecule has 0 saturated carbocycles. The lowest BCUT2D eigenvalue weighted by atomic mass is 9.92. The van der Waals surface area contributed by atoms with Crippen LogP contribution in [0.5, 0.6) is 0 Å². The zero-order valence-corrected chi connectivity index (χ0v) is 20.5. The molecule has 1 fully saturated rings. The Morgan fingerprint density at radius 3 is 2.42 bits per heavy atom. The zero-order valence-electron chi connectivity index (χ0n) is 20.5. The van der Waals surface area contributed by atoms with E-state index in [9.17, 15) is 15.0 Å². The van der Waals surface area contributed by atoms with Crippen LogP contribution >= 0.6 is 0 Å². The van der Waals surface area contributed by atoms with E-state index in [1.807, 2.05) is 55.5 Å². The van der Waals surface area contributed by atoms with E-state index in [1.165, 1.54) is 5.56 Å². The molecule has 36 heavy (non-hydrogen) atoms. The molecule has 188 valence electrons. The van der Waals surface area contributed by atoms with Crippen molar-refractivity contribution in [2.45, 2.75) is 45.1 Å². The van der Waals surface area contributed by atoms with Gasteiger partial charge in [-0.1, -0.05) is 41.7 Å². The lowest BCUT2D eigenvalue weighted by Crippen LogP contribution is -2.48. The standard InChI is InChI=1S/C28H32N4O4/c1-19-3-5-21(6-4-19)7-8-22-9-11-23(12-10-22)16-32-26(25(17-33)27(36-32)20(2)34)28(35)30-14-13-24-15-29-18-31-24/h3-6,9-12,15,18,20,25-27,33-34H,13-14,16-17H2,1-2H3,(H,29,31)(H,30,35)/t20-,25-,26-,27-/m0/s1. The topological polar surface area (TPSA) is 111 Å². The number of H-pyrrole nitrogens is 1. The molecule has 8 heteroatoms. The quantitative estimate of drug-likeness (QED) is 0.361. The van der Waals surface area contributed by atoms with Crippen molar-refractivity contribution in [3.05, 3.63) is 89.0 Å². The van der Waals surface area contributed by atoms with Gasteiger partial charge in [-0.15, -0.1) is 0 Å². The summed E-state index contributed by atoms with van der Waals surface area (Å²) in [7, 11) is 0. The third-order valence-corrected chi connectivity index (χ3v) is 6.29. The second-order valence-electron chi connectivity index (χ2n) is 9.11. The zero-order chi connectivity index (χ0) is 25.5. The van der Waals surface area contributed by atoms with E-state index in [0.29, 0.717) is 19.5 Å². The number of aliphatic hydroxyl groups excluding tert-OH is 2. The highest BCUT2D eigenvalue weighted by Gasteiger charge is 2.48. The summed E-state index contributed by atoms with van der Waals surface area (Å²) in [6.07, 6.45) is 2.39. The van der Waals surface area contributed by atoms with E-state index in [4.69, 9.17) is 4.84 Å². The minimum atomic E-state index is -0.841. The number of carbonyl (C=O) groups is 1. The van der Waals surface area contributed by atoms with Crippen molar-refractivity contribution in [3.8, 4) is 11.8 Å². The summed E-state index contributed by atoms with van der Waals surface area (Å²) in [4.78, 5) is 26.1. The number of aliphatic hydroxyl groups is 2. The summed E-state index contributed by atoms with van der Waals surface area (Å²) in [6.45, 7) is 4.10. The average Bonchev–Trinajstić information content (AvgIpc) is 3.52. The molecule has 0 radical (unpaired) electrons. The molecule has 2 aromatic carbocycles. The van der Waals surface area contributed by atoms with Crippen molar-refractivity contribution >= 4 is 5.91 Å². The average molecular weight is 489 g/mol. The first-order valence-electron chi connectivity index (χ1n) is 12.1. The lowest BCUT2D eigenvalue weighted by molar-refractivity contribution is -0.192. The summed E-state index contributed by atoms with van der Waals surface area (Å²) in [5.41, 5.74) is 4.87. The third kappa shape index (κ3) is 6.39. The Labute approximate surface area is 211 Å². The Balaban J connectivity index is 1.44. The van der Waals surface area contributed by atoms with Gasteiger partial charge in [-0.2, -0.15) is 5.06 Å². The number of rotatable bonds is 8. The number of amides is 1. The van der Waals surface area contributed by atoms with Crippen LogP contribution in [0, 0.1) is 24.7 Å². The van der Waals surface area contributed by atoms with Gasteiger partial charge < -0.3 is 20.5 Å². The number of hydrogen-bond donors (Lipinski definition) is 4. The van der Waals surface area contributed by atoms with Gasteiger partial charge in [0.25, 0.3) is 0 Å². The minimum absolute atomic E-state index is 0.253. The van der Waals surface area contributed by atoms with Crippen LogP contribution in [0.1, 0.15) is 34.9 Å². The van der Waals surface area contributed by atoms with E-state index in [0.717, 1.165) is 22.4 Å². The van der Waals surface area contributed by atoms with Gasteiger partial charge in [-0.25, -0.2) is 4.98 Å². The van der Waals surface area contributed by atoms with Crippen molar-refractivity contribution in [1.29, 1.82) is 0 Å². The summed E-state index contributed by atoms with van der Waals surface area (Å²) < 4.78 is 0. The van der Waals surface area contributed by atoms with Gasteiger partial charge in [0.05, 0.1) is 25.6 Å². The second-order valence-corrected chi connectivity index (χ2v) is 9.11. The number of carbonyl (C=O) groups excluding carboxylic acids is 1. The molecule has 4 rings (SSSR count). The van der Waals surface area contributed by atoms with E-state index < -0.39 is 24.2 Å². The Morgan fingerprint density at radius 1 is 1.17 bits per heavy atom. The molecular formula is C28H32N4O4. The number of aromatic amines is 1. The number of hydroxylamine groups is 2. The third-order valence-electron chi connectivity index (χ3n) is 6.29. The van der Waals surface area contributed by atoms with E-state index in [-0.39, 0.29) is 12.5 Å². The summed E-state index contributed by atoms with van der Waals surface area (Å²) in [5, 5.41) is 24.8. The van der Waals surface area contributed by atoms with E-state index in [1.54, 1.807) is 24.5 Å². The molecule has 1 saturated heterocycles. The van der Waals surface area contributed by atoms with Crippen molar-refractivity contribution in [1.82, 2.24) is 20.3 Å². The first kappa shape index (κ1) is 25.6. The highest BCUT2D eigenvalue weighted by Crippen LogP contribution is 2.31. The Morgan fingerprint density at radius 2 is 1.83 bits per heavy atom. The van der Waals surface area contributed by atoms with Crippen molar-refractivity contribution < 1.29 is 19.8 Å². The van der Waals surface area contributed by atoms with Crippen LogP contribution in [0.2, 0.25) is 0 Å². The fraction of sp³-hybridized carbons (Fsp3) is 0.357. The highest BCUT2D eigenvalue weighted by atomic mass is 16.7. The van der Waals surface area contributed by atoms with Gasteiger partial charge in [0.1, 0.15) is 12.1 Å². The predicted octanol–water partition coefficient (Wildman–Crippen LogP) is 1.95. The van der Waals surface area contributed by atoms with Crippen LogP contribution in [0.3, 0.4) is 0 Å². The first-order valence-corrected chi connectivity index (χ1v) is 12.1. The normalized spacial score (nSPS) is 20.5. The molecule has 1 aliphatic heterocycles. The molecule has 4 N–H and O–H groups in total. The SMILES string of the molecule is Cc1ccc(C#Cc2ccc(CN3O[C@@H]([C@H](C)O)[C@@H](CO)[C@H]3C(=O)NCCc3cnc[nH]3)cc2)cc1. The molecule has 1 aromatic heterocycles. The van der Waals surface area contributed by atoms with Crippen LogP contribution in [0.15, 0.2) is 61.1 Å². The Kier molecular flexibility index (Phi) is 8.52. The van der Waals surface area contributed by atoms with Crippen molar-refractivity contribution in [3.63, 3.8) is 0 Å². The van der Waals surface area contributed by atoms with Gasteiger partial charge >= 0.3 is 0 Å². The van der Waals surface area contributed by atoms with Crippen LogP contribution in [0.4, 0.5) is 0 Å². The van der Waals surface area contributed by atoms with Gasteiger partial charge in [-0.05, 0) is 43.7 Å². The number of nitrogens with zero attached hydrogens (tertiary/aromatic N) is 2.